The summed E-state index contributed by atoms with van der Waals surface area (Å²) in [5.41, 5.74) is 1.75. The van der Waals surface area contributed by atoms with Crippen molar-refractivity contribution in [3.05, 3.63) is 58.6 Å². The number of hydrogen-bond acceptors (Lipinski definition) is 5. The summed E-state index contributed by atoms with van der Waals surface area (Å²) < 4.78 is 33.2. The van der Waals surface area contributed by atoms with Gasteiger partial charge in [-0.15, -0.1) is 0 Å². The maximum Gasteiger partial charge on any atom is 0.251 e. The minimum atomic E-state index is -3.94. The molecule has 1 aliphatic rings. The normalized spacial score (nSPS) is 16.0. The molecular formula is C22H26ClN3O5S. The fraction of sp³-hybridized carbons (Fsp3) is 0.364. The standard InChI is InChI=1S/C22H26ClN3O5S/c1-2-15-6-3-4-8-19(15)26-21(27)14-24-22(28)16-9-10-18(23)20(12-16)32(29,30)25-13-17-7-5-11-31-17/h3-4,6,8-10,12,17,25H,2,5,7,11,13-14H2,1H3,(H,24,28)(H,26,27). The molecule has 1 fully saturated rings. The van der Waals surface area contributed by atoms with Gasteiger partial charge in [-0.1, -0.05) is 36.7 Å². The molecule has 1 aliphatic heterocycles. The predicted molar refractivity (Wildman–Crippen MR) is 122 cm³/mol. The van der Waals surface area contributed by atoms with Gasteiger partial charge in [0.05, 0.1) is 17.7 Å². The van der Waals surface area contributed by atoms with Gasteiger partial charge in [-0.2, -0.15) is 0 Å². The van der Waals surface area contributed by atoms with Gasteiger partial charge >= 0.3 is 0 Å². The molecule has 2 aromatic rings. The molecule has 10 heteroatoms. The van der Waals surface area contributed by atoms with Crippen molar-refractivity contribution in [1.82, 2.24) is 10.0 Å². The Hall–Kier alpha value is -2.46. The second-order valence-corrected chi connectivity index (χ2v) is 9.52. The van der Waals surface area contributed by atoms with Gasteiger partial charge in [0, 0.05) is 24.4 Å². The Bertz CT molecular complexity index is 1080. The Balaban J connectivity index is 1.62. The van der Waals surface area contributed by atoms with E-state index in [9.17, 15) is 18.0 Å². The van der Waals surface area contributed by atoms with Crippen LogP contribution in [0.15, 0.2) is 47.4 Å². The summed E-state index contributed by atoms with van der Waals surface area (Å²) in [5.74, 6) is -0.976. The fourth-order valence-electron chi connectivity index (χ4n) is 3.34. The number of anilines is 1. The minimum Gasteiger partial charge on any atom is -0.377 e. The molecule has 0 aliphatic carbocycles. The van der Waals surface area contributed by atoms with Crippen LogP contribution in [0.2, 0.25) is 5.02 Å². The van der Waals surface area contributed by atoms with Gasteiger partial charge < -0.3 is 15.4 Å². The lowest BCUT2D eigenvalue weighted by molar-refractivity contribution is -0.115. The van der Waals surface area contributed by atoms with Gasteiger partial charge in [0.2, 0.25) is 15.9 Å². The molecule has 2 amide bonds. The molecule has 1 unspecified atom stereocenters. The van der Waals surface area contributed by atoms with Crippen LogP contribution in [0.25, 0.3) is 0 Å². The van der Waals surface area contributed by atoms with E-state index in [0.29, 0.717) is 12.3 Å². The predicted octanol–water partition coefficient (Wildman–Crippen LogP) is 2.73. The van der Waals surface area contributed by atoms with Crippen molar-refractivity contribution >= 4 is 39.1 Å². The Morgan fingerprint density at radius 2 is 1.97 bits per heavy atom. The lowest BCUT2D eigenvalue weighted by Gasteiger charge is -2.13. The number of aryl methyl sites for hydroxylation is 1. The van der Waals surface area contributed by atoms with Crippen LogP contribution in [-0.4, -0.2) is 46.0 Å². The van der Waals surface area contributed by atoms with Gasteiger partial charge in [0.25, 0.3) is 5.91 Å². The molecule has 2 aromatic carbocycles. The molecule has 0 radical (unpaired) electrons. The average Bonchev–Trinajstić information content (AvgIpc) is 3.30. The molecule has 0 aromatic heterocycles. The zero-order valence-corrected chi connectivity index (χ0v) is 19.3. The highest BCUT2D eigenvalue weighted by atomic mass is 35.5. The molecule has 0 saturated carbocycles. The van der Waals surface area contributed by atoms with Crippen molar-refractivity contribution in [2.45, 2.75) is 37.2 Å². The summed E-state index contributed by atoms with van der Waals surface area (Å²) in [6, 6.07) is 11.3. The highest BCUT2D eigenvalue weighted by Gasteiger charge is 2.23. The van der Waals surface area contributed by atoms with Crippen molar-refractivity contribution in [2.75, 3.05) is 25.0 Å². The van der Waals surface area contributed by atoms with Crippen LogP contribution in [-0.2, 0) is 26.0 Å². The number of rotatable bonds is 9. The smallest absolute Gasteiger partial charge is 0.251 e. The number of benzene rings is 2. The molecule has 3 N–H and O–H groups in total. The summed E-state index contributed by atoms with van der Waals surface area (Å²) in [6.45, 7) is 2.46. The SMILES string of the molecule is CCc1ccccc1NC(=O)CNC(=O)c1ccc(Cl)c(S(=O)(=O)NCC2CCCO2)c1. The van der Waals surface area contributed by atoms with E-state index in [1.165, 1.54) is 18.2 Å². The lowest BCUT2D eigenvalue weighted by atomic mass is 10.1. The van der Waals surface area contributed by atoms with E-state index >= 15 is 0 Å². The largest absolute Gasteiger partial charge is 0.377 e. The molecule has 1 saturated heterocycles. The molecule has 3 rings (SSSR count). The number of para-hydroxylation sites is 1. The number of amides is 2. The maximum atomic E-state index is 12.7. The van der Waals surface area contributed by atoms with Crippen LogP contribution < -0.4 is 15.4 Å². The van der Waals surface area contributed by atoms with Crippen LogP contribution >= 0.6 is 11.6 Å². The number of halogens is 1. The van der Waals surface area contributed by atoms with E-state index in [2.05, 4.69) is 15.4 Å². The van der Waals surface area contributed by atoms with E-state index in [1.807, 2.05) is 25.1 Å². The van der Waals surface area contributed by atoms with Crippen LogP contribution in [0, 0.1) is 0 Å². The monoisotopic (exact) mass is 479 g/mol. The zero-order valence-electron chi connectivity index (χ0n) is 17.7. The molecular weight excluding hydrogens is 454 g/mol. The molecule has 8 nitrogen and oxygen atoms in total. The van der Waals surface area contributed by atoms with Crippen LogP contribution in [0.5, 0.6) is 0 Å². The summed E-state index contributed by atoms with van der Waals surface area (Å²) in [7, 11) is -3.94. The molecule has 172 valence electrons. The second-order valence-electron chi connectivity index (χ2n) is 7.37. The first kappa shape index (κ1) is 24.2. The van der Waals surface area contributed by atoms with E-state index in [-0.39, 0.29) is 40.6 Å². The van der Waals surface area contributed by atoms with Gasteiger partial charge in [0.15, 0.2) is 0 Å². The Morgan fingerprint density at radius 1 is 1.19 bits per heavy atom. The first-order valence-electron chi connectivity index (χ1n) is 10.4. The Labute approximate surface area is 192 Å². The third-order valence-corrected chi connectivity index (χ3v) is 6.99. The third kappa shape index (κ3) is 6.29. The van der Waals surface area contributed by atoms with Crippen LogP contribution in [0.4, 0.5) is 5.69 Å². The van der Waals surface area contributed by atoms with Crippen molar-refractivity contribution in [1.29, 1.82) is 0 Å². The number of nitrogens with one attached hydrogen (secondary N) is 3. The summed E-state index contributed by atoms with van der Waals surface area (Å²) in [4.78, 5) is 24.6. The van der Waals surface area contributed by atoms with Crippen LogP contribution in [0.1, 0.15) is 35.7 Å². The highest BCUT2D eigenvalue weighted by Crippen LogP contribution is 2.23. The maximum absolute atomic E-state index is 12.7. The first-order chi connectivity index (χ1) is 15.3. The van der Waals surface area contributed by atoms with Gasteiger partial charge in [-0.3, -0.25) is 9.59 Å². The molecule has 1 atom stereocenters. The van der Waals surface area contributed by atoms with E-state index in [1.54, 1.807) is 6.07 Å². The number of hydrogen-bond donors (Lipinski definition) is 3. The Kier molecular flexibility index (Phi) is 8.25. The topological polar surface area (TPSA) is 114 Å². The molecule has 0 bridgehead atoms. The van der Waals surface area contributed by atoms with E-state index < -0.39 is 15.9 Å². The molecule has 0 spiro atoms. The van der Waals surface area contributed by atoms with Gasteiger partial charge in [-0.05, 0) is 49.1 Å². The summed E-state index contributed by atoms with van der Waals surface area (Å²) in [5, 5.41) is 5.26. The highest BCUT2D eigenvalue weighted by molar-refractivity contribution is 7.89. The number of sulfonamides is 1. The van der Waals surface area contributed by atoms with E-state index in [4.69, 9.17) is 16.3 Å². The second kappa shape index (κ2) is 10.9. The minimum absolute atomic E-state index is 0.00435. The lowest BCUT2D eigenvalue weighted by Crippen LogP contribution is -2.34. The summed E-state index contributed by atoms with van der Waals surface area (Å²) >= 11 is 6.08. The summed E-state index contributed by atoms with van der Waals surface area (Å²) in [6.07, 6.45) is 2.25. The molecule has 32 heavy (non-hydrogen) atoms. The quantitative estimate of drug-likeness (QED) is 0.511. The van der Waals surface area contributed by atoms with Crippen molar-refractivity contribution in [3.63, 3.8) is 0 Å². The average molecular weight is 480 g/mol. The first-order valence-corrected chi connectivity index (χ1v) is 12.2. The third-order valence-electron chi connectivity index (χ3n) is 5.09. The zero-order chi connectivity index (χ0) is 23.1. The van der Waals surface area contributed by atoms with Gasteiger partial charge in [0.1, 0.15) is 4.90 Å². The van der Waals surface area contributed by atoms with Crippen molar-refractivity contribution in [2.24, 2.45) is 0 Å². The van der Waals surface area contributed by atoms with Gasteiger partial charge in [-0.25, -0.2) is 13.1 Å². The molecule has 1 heterocycles. The number of ether oxygens (including phenoxy) is 1. The number of carbonyl (C=O) groups is 2. The number of carbonyl (C=O) groups excluding carboxylic acids is 2. The van der Waals surface area contributed by atoms with Crippen molar-refractivity contribution in [3.8, 4) is 0 Å². The Morgan fingerprint density at radius 3 is 2.69 bits per heavy atom. The van der Waals surface area contributed by atoms with Crippen LogP contribution in [0.3, 0.4) is 0 Å². The van der Waals surface area contributed by atoms with E-state index in [0.717, 1.165) is 24.8 Å². The fourth-order valence-corrected chi connectivity index (χ4v) is 4.93. The van der Waals surface area contributed by atoms with Crippen molar-refractivity contribution < 1.29 is 22.7 Å².